The molecule has 0 fully saturated rings. The van der Waals surface area contributed by atoms with E-state index in [1.165, 1.54) is 16.9 Å². The highest BCUT2D eigenvalue weighted by molar-refractivity contribution is 7.22. The standard InChI is InChI=1S/C21H20N4S/c1-3-13(2)16-7-5-9-24-19(16)17-10-15(14-6-4-8-23-12-14)11-18-20(17)26-21(22)25-18/h4-13H,3H2,1-2H3,(H2,22,25). The highest BCUT2D eigenvalue weighted by atomic mass is 32.1. The van der Waals surface area contributed by atoms with Crippen molar-refractivity contribution >= 4 is 26.7 Å². The molecule has 4 nitrogen and oxygen atoms in total. The number of nitrogen functional groups attached to an aromatic ring is 1. The van der Waals surface area contributed by atoms with Gasteiger partial charge in [-0.2, -0.15) is 0 Å². The van der Waals surface area contributed by atoms with Crippen molar-refractivity contribution in [1.29, 1.82) is 0 Å². The van der Waals surface area contributed by atoms with Crippen molar-refractivity contribution in [3.63, 3.8) is 0 Å². The van der Waals surface area contributed by atoms with Crippen LogP contribution in [0.15, 0.2) is 55.0 Å². The zero-order chi connectivity index (χ0) is 18.1. The van der Waals surface area contributed by atoms with Crippen LogP contribution in [0, 0.1) is 0 Å². The summed E-state index contributed by atoms with van der Waals surface area (Å²) in [4.78, 5) is 13.5. The third kappa shape index (κ3) is 2.95. The van der Waals surface area contributed by atoms with E-state index in [-0.39, 0.29) is 0 Å². The molecule has 0 amide bonds. The highest BCUT2D eigenvalue weighted by Crippen LogP contribution is 2.39. The van der Waals surface area contributed by atoms with Gasteiger partial charge in [0.2, 0.25) is 0 Å². The topological polar surface area (TPSA) is 64.7 Å². The second-order valence-electron chi connectivity index (χ2n) is 6.42. The molecule has 3 aromatic heterocycles. The van der Waals surface area contributed by atoms with Crippen molar-refractivity contribution in [2.24, 2.45) is 0 Å². The Bertz CT molecular complexity index is 1060. The largest absolute Gasteiger partial charge is 0.375 e. The molecule has 4 aromatic rings. The Morgan fingerprint density at radius 1 is 1.12 bits per heavy atom. The third-order valence-electron chi connectivity index (χ3n) is 4.74. The van der Waals surface area contributed by atoms with E-state index in [0.29, 0.717) is 11.0 Å². The SMILES string of the molecule is CCC(C)c1cccnc1-c1cc(-c2cccnc2)cc2nc(N)sc12. The second kappa shape index (κ2) is 6.84. The molecule has 0 spiro atoms. The Balaban J connectivity index is 2.01. The van der Waals surface area contributed by atoms with Crippen molar-refractivity contribution < 1.29 is 0 Å². The summed E-state index contributed by atoms with van der Waals surface area (Å²) in [5.41, 5.74) is 12.4. The molecule has 0 aliphatic rings. The molecule has 0 saturated carbocycles. The van der Waals surface area contributed by atoms with E-state index in [0.717, 1.165) is 39.0 Å². The minimum atomic E-state index is 0.432. The van der Waals surface area contributed by atoms with Gasteiger partial charge in [-0.05, 0) is 47.7 Å². The number of aromatic nitrogens is 3. The molecule has 0 aliphatic carbocycles. The molecule has 0 radical (unpaired) electrons. The van der Waals surface area contributed by atoms with Crippen molar-refractivity contribution in [3.8, 4) is 22.4 Å². The monoisotopic (exact) mass is 360 g/mol. The Hall–Kier alpha value is -2.79. The Morgan fingerprint density at radius 3 is 2.73 bits per heavy atom. The molecule has 0 bridgehead atoms. The summed E-state index contributed by atoms with van der Waals surface area (Å²) in [6, 6.07) is 12.4. The van der Waals surface area contributed by atoms with Crippen LogP contribution in [0.4, 0.5) is 5.13 Å². The number of hydrogen-bond donors (Lipinski definition) is 1. The first-order valence-electron chi connectivity index (χ1n) is 8.73. The summed E-state index contributed by atoms with van der Waals surface area (Å²) in [5.74, 6) is 0.432. The predicted octanol–water partition coefficient (Wildman–Crippen LogP) is 5.52. The number of nitrogens with zero attached hydrogens (tertiary/aromatic N) is 3. The van der Waals surface area contributed by atoms with Crippen LogP contribution in [0.2, 0.25) is 0 Å². The van der Waals surface area contributed by atoms with Gasteiger partial charge in [0.1, 0.15) is 0 Å². The van der Waals surface area contributed by atoms with Crippen LogP contribution < -0.4 is 5.73 Å². The lowest BCUT2D eigenvalue weighted by Crippen LogP contribution is -1.98. The number of anilines is 1. The van der Waals surface area contributed by atoms with Crippen LogP contribution >= 0.6 is 11.3 Å². The molecule has 3 heterocycles. The summed E-state index contributed by atoms with van der Waals surface area (Å²) >= 11 is 1.52. The van der Waals surface area contributed by atoms with Crippen LogP contribution in [0.3, 0.4) is 0 Å². The lowest BCUT2D eigenvalue weighted by Gasteiger charge is -2.15. The smallest absolute Gasteiger partial charge is 0.181 e. The summed E-state index contributed by atoms with van der Waals surface area (Å²) in [7, 11) is 0. The number of thiazole rings is 1. The molecule has 2 N–H and O–H groups in total. The van der Waals surface area contributed by atoms with Gasteiger partial charge in [-0.25, -0.2) is 4.98 Å². The first-order chi connectivity index (χ1) is 12.7. The van der Waals surface area contributed by atoms with Crippen molar-refractivity contribution in [3.05, 3.63) is 60.6 Å². The van der Waals surface area contributed by atoms with Gasteiger partial charge in [0, 0.05) is 29.7 Å². The Kier molecular flexibility index (Phi) is 4.39. The van der Waals surface area contributed by atoms with Crippen LogP contribution in [0.25, 0.3) is 32.6 Å². The first-order valence-corrected chi connectivity index (χ1v) is 9.54. The molecular formula is C21H20N4S. The van der Waals surface area contributed by atoms with E-state index in [9.17, 15) is 0 Å². The van der Waals surface area contributed by atoms with E-state index in [4.69, 9.17) is 10.7 Å². The van der Waals surface area contributed by atoms with Gasteiger partial charge in [-0.3, -0.25) is 9.97 Å². The van der Waals surface area contributed by atoms with Crippen molar-refractivity contribution in [1.82, 2.24) is 15.0 Å². The Morgan fingerprint density at radius 2 is 1.96 bits per heavy atom. The minimum Gasteiger partial charge on any atom is -0.375 e. The Labute approximate surface area is 156 Å². The van der Waals surface area contributed by atoms with Crippen molar-refractivity contribution in [2.75, 3.05) is 5.73 Å². The van der Waals surface area contributed by atoms with Crippen LogP contribution in [-0.2, 0) is 0 Å². The van der Waals surface area contributed by atoms with E-state index < -0.39 is 0 Å². The lowest BCUT2D eigenvalue weighted by atomic mass is 9.92. The number of rotatable bonds is 4. The molecule has 26 heavy (non-hydrogen) atoms. The second-order valence-corrected chi connectivity index (χ2v) is 7.45. The maximum Gasteiger partial charge on any atom is 0.181 e. The lowest BCUT2D eigenvalue weighted by molar-refractivity contribution is 0.732. The highest BCUT2D eigenvalue weighted by Gasteiger charge is 2.17. The summed E-state index contributed by atoms with van der Waals surface area (Å²) in [6.07, 6.45) is 6.57. The summed E-state index contributed by atoms with van der Waals surface area (Å²) < 4.78 is 1.08. The van der Waals surface area contributed by atoms with E-state index >= 15 is 0 Å². The average Bonchev–Trinajstić information content (AvgIpc) is 3.07. The van der Waals surface area contributed by atoms with Gasteiger partial charge < -0.3 is 5.73 Å². The molecule has 130 valence electrons. The van der Waals surface area contributed by atoms with Crippen LogP contribution in [0.5, 0.6) is 0 Å². The number of pyridine rings is 2. The normalized spacial score (nSPS) is 12.4. The minimum absolute atomic E-state index is 0.432. The summed E-state index contributed by atoms with van der Waals surface area (Å²) in [5, 5.41) is 0.575. The van der Waals surface area contributed by atoms with Gasteiger partial charge in [-0.15, -0.1) is 0 Å². The van der Waals surface area contributed by atoms with E-state index in [1.54, 1.807) is 6.20 Å². The van der Waals surface area contributed by atoms with E-state index in [1.807, 2.05) is 24.5 Å². The van der Waals surface area contributed by atoms with Gasteiger partial charge in [-0.1, -0.05) is 37.3 Å². The zero-order valence-electron chi connectivity index (χ0n) is 14.8. The maximum absolute atomic E-state index is 6.02. The van der Waals surface area contributed by atoms with Gasteiger partial charge in [0.15, 0.2) is 5.13 Å². The fourth-order valence-electron chi connectivity index (χ4n) is 3.19. The van der Waals surface area contributed by atoms with Gasteiger partial charge in [0.05, 0.1) is 15.9 Å². The average molecular weight is 360 g/mol. The molecular weight excluding hydrogens is 340 g/mol. The molecule has 5 heteroatoms. The summed E-state index contributed by atoms with van der Waals surface area (Å²) in [6.45, 7) is 4.44. The van der Waals surface area contributed by atoms with Crippen LogP contribution in [0.1, 0.15) is 31.7 Å². The van der Waals surface area contributed by atoms with Gasteiger partial charge >= 0.3 is 0 Å². The molecule has 0 aliphatic heterocycles. The number of nitrogens with two attached hydrogens (primary N) is 1. The fraction of sp³-hybridized carbons (Fsp3) is 0.190. The maximum atomic E-state index is 6.02. The number of hydrogen-bond acceptors (Lipinski definition) is 5. The molecule has 4 rings (SSSR count). The molecule has 1 atom stereocenters. The third-order valence-corrected chi connectivity index (χ3v) is 5.67. The van der Waals surface area contributed by atoms with Gasteiger partial charge in [0.25, 0.3) is 0 Å². The van der Waals surface area contributed by atoms with Crippen LogP contribution in [-0.4, -0.2) is 15.0 Å². The predicted molar refractivity (Wildman–Crippen MR) is 109 cm³/mol. The number of benzene rings is 1. The molecule has 0 saturated heterocycles. The molecule has 1 aromatic carbocycles. The molecule has 1 unspecified atom stereocenters. The quantitative estimate of drug-likeness (QED) is 0.521. The number of fused-ring (bicyclic) bond motifs is 1. The fourth-order valence-corrected chi connectivity index (χ4v) is 4.01. The zero-order valence-corrected chi connectivity index (χ0v) is 15.6. The van der Waals surface area contributed by atoms with Crippen molar-refractivity contribution in [2.45, 2.75) is 26.2 Å². The van der Waals surface area contributed by atoms with E-state index in [2.05, 4.69) is 48.1 Å². The first kappa shape index (κ1) is 16.7.